The van der Waals surface area contributed by atoms with Gasteiger partial charge in [-0.15, -0.1) is 11.3 Å². The lowest BCUT2D eigenvalue weighted by Gasteiger charge is -2.12. The number of thiophene rings is 1. The van der Waals surface area contributed by atoms with Crippen molar-refractivity contribution >= 4 is 64.1 Å². The Morgan fingerprint density at radius 1 is 0.413 bits per heavy atom. The third-order valence-corrected chi connectivity index (χ3v) is 10.3. The molecular formula is C42H25N3S. The SMILES string of the molecule is c1ccc(-c2cc(-c3ccccc3)nc(-n3c4cccc5ccc6cc(-c7ccc8sc9ccccc9c8c7)cc3c6c54)n2)cc1. The van der Waals surface area contributed by atoms with Gasteiger partial charge in [0.25, 0.3) is 0 Å². The second kappa shape index (κ2) is 9.83. The van der Waals surface area contributed by atoms with Crippen LogP contribution in [0.5, 0.6) is 0 Å². The monoisotopic (exact) mass is 603 g/mol. The molecule has 10 aromatic rings. The van der Waals surface area contributed by atoms with E-state index in [1.807, 2.05) is 23.5 Å². The van der Waals surface area contributed by atoms with Gasteiger partial charge in [-0.25, -0.2) is 9.97 Å². The van der Waals surface area contributed by atoms with Gasteiger partial charge in [0.1, 0.15) is 0 Å². The van der Waals surface area contributed by atoms with E-state index in [0.29, 0.717) is 5.95 Å². The average molecular weight is 604 g/mol. The summed E-state index contributed by atoms with van der Waals surface area (Å²) in [5.74, 6) is 0.668. The van der Waals surface area contributed by atoms with E-state index in [1.165, 1.54) is 52.8 Å². The summed E-state index contributed by atoms with van der Waals surface area (Å²) in [6.45, 7) is 0. The highest BCUT2D eigenvalue weighted by atomic mass is 32.1. The highest BCUT2D eigenvalue weighted by Crippen LogP contribution is 2.42. The molecule has 0 aliphatic heterocycles. The number of hydrogen-bond donors (Lipinski definition) is 0. The van der Waals surface area contributed by atoms with Gasteiger partial charge in [0.05, 0.1) is 22.4 Å². The van der Waals surface area contributed by atoms with Crippen molar-refractivity contribution in [2.45, 2.75) is 0 Å². The molecule has 0 saturated carbocycles. The van der Waals surface area contributed by atoms with Crippen LogP contribution in [-0.2, 0) is 0 Å². The van der Waals surface area contributed by atoms with Crippen LogP contribution in [0.1, 0.15) is 0 Å². The molecule has 4 heteroatoms. The summed E-state index contributed by atoms with van der Waals surface area (Å²) in [5.41, 5.74) is 8.53. The minimum absolute atomic E-state index is 0.668. The lowest BCUT2D eigenvalue weighted by Crippen LogP contribution is -2.04. The fraction of sp³-hybridized carbons (Fsp3) is 0. The summed E-state index contributed by atoms with van der Waals surface area (Å²) in [7, 11) is 0. The van der Waals surface area contributed by atoms with Crippen LogP contribution >= 0.6 is 11.3 Å². The molecule has 0 aliphatic carbocycles. The Balaban J connectivity index is 1.28. The van der Waals surface area contributed by atoms with Crippen molar-refractivity contribution < 1.29 is 0 Å². The maximum atomic E-state index is 5.25. The Morgan fingerprint density at radius 2 is 1.09 bits per heavy atom. The van der Waals surface area contributed by atoms with E-state index in [0.717, 1.165) is 33.5 Å². The molecule has 0 N–H and O–H groups in total. The van der Waals surface area contributed by atoms with Gasteiger partial charge in [0, 0.05) is 42.1 Å². The third kappa shape index (κ3) is 3.84. The zero-order valence-corrected chi connectivity index (χ0v) is 25.5. The van der Waals surface area contributed by atoms with Gasteiger partial charge in [-0.1, -0.05) is 109 Å². The zero-order chi connectivity index (χ0) is 30.2. The third-order valence-electron chi connectivity index (χ3n) is 9.16. The predicted octanol–water partition coefficient (Wildman–Crippen LogP) is 11.5. The molecule has 0 fully saturated rings. The topological polar surface area (TPSA) is 30.7 Å². The Bertz CT molecular complexity index is 2680. The summed E-state index contributed by atoms with van der Waals surface area (Å²) in [4.78, 5) is 10.5. The first-order chi connectivity index (χ1) is 22.8. The van der Waals surface area contributed by atoms with Crippen molar-refractivity contribution in [2.75, 3.05) is 0 Å². The van der Waals surface area contributed by atoms with Crippen LogP contribution in [0.2, 0.25) is 0 Å². The van der Waals surface area contributed by atoms with Crippen molar-refractivity contribution in [1.82, 2.24) is 14.5 Å². The second-order valence-electron chi connectivity index (χ2n) is 11.8. The molecule has 3 heterocycles. The fourth-order valence-electron chi connectivity index (χ4n) is 7.03. The molecule has 0 radical (unpaired) electrons. The maximum Gasteiger partial charge on any atom is 0.235 e. The van der Waals surface area contributed by atoms with E-state index < -0.39 is 0 Å². The molecule has 10 rings (SSSR count). The highest BCUT2D eigenvalue weighted by molar-refractivity contribution is 7.25. The Morgan fingerprint density at radius 3 is 1.87 bits per heavy atom. The molecule has 0 unspecified atom stereocenters. The second-order valence-corrected chi connectivity index (χ2v) is 12.9. The Hall–Kier alpha value is -5.84. The lowest BCUT2D eigenvalue weighted by atomic mass is 9.96. The van der Waals surface area contributed by atoms with E-state index in [9.17, 15) is 0 Å². The molecular weight excluding hydrogens is 579 g/mol. The fourth-order valence-corrected chi connectivity index (χ4v) is 8.12. The highest BCUT2D eigenvalue weighted by Gasteiger charge is 2.21. The first-order valence-corrected chi connectivity index (χ1v) is 16.3. The predicted molar refractivity (Wildman–Crippen MR) is 194 cm³/mol. The summed E-state index contributed by atoms with van der Waals surface area (Å²) in [6, 6.07) is 54.2. The van der Waals surface area contributed by atoms with E-state index in [4.69, 9.17) is 9.97 Å². The quantitative estimate of drug-likeness (QED) is 0.187. The summed E-state index contributed by atoms with van der Waals surface area (Å²) < 4.78 is 4.90. The van der Waals surface area contributed by atoms with E-state index in [-0.39, 0.29) is 0 Å². The maximum absolute atomic E-state index is 5.25. The molecule has 7 aromatic carbocycles. The van der Waals surface area contributed by atoms with Gasteiger partial charge >= 0.3 is 0 Å². The number of aromatic nitrogens is 3. The van der Waals surface area contributed by atoms with Crippen LogP contribution in [0.3, 0.4) is 0 Å². The van der Waals surface area contributed by atoms with Crippen molar-refractivity contribution in [3.63, 3.8) is 0 Å². The Labute approximate surface area is 269 Å². The molecule has 0 saturated heterocycles. The molecule has 0 bridgehead atoms. The van der Waals surface area contributed by atoms with Gasteiger partial charge in [-0.05, 0) is 64.4 Å². The van der Waals surface area contributed by atoms with Crippen LogP contribution in [0, 0.1) is 0 Å². The van der Waals surface area contributed by atoms with Gasteiger partial charge in [0.2, 0.25) is 5.95 Å². The molecule has 0 spiro atoms. The number of hydrogen-bond acceptors (Lipinski definition) is 3. The van der Waals surface area contributed by atoms with Gasteiger partial charge < -0.3 is 0 Å². The molecule has 3 aromatic heterocycles. The summed E-state index contributed by atoms with van der Waals surface area (Å²) in [6.07, 6.45) is 0. The first kappa shape index (κ1) is 25.5. The van der Waals surface area contributed by atoms with Crippen LogP contribution in [0.25, 0.3) is 92.3 Å². The van der Waals surface area contributed by atoms with Crippen LogP contribution in [-0.4, -0.2) is 14.5 Å². The van der Waals surface area contributed by atoms with Gasteiger partial charge in [0.15, 0.2) is 0 Å². The minimum Gasteiger partial charge on any atom is -0.278 e. The molecule has 46 heavy (non-hydrogen) atoms. The number of nitrogens with zero attached hydrogens (tertiary/aromatic N) is 3. The van der Waals surface area contributed by atoms with Crippen molar-refractivity contribution in [1.29, 1.82) is 0 Å². The van der Waals surface area contributed by atoms with Crippen LogP contribution in [0.15, 0.2) is 152 Å². The smallest absolute Gasteiger partial charge is 0.235 e. The lowest BCUT2D eigenvalue weighted by molar-refractivity contribution is 0.996. The van der Waals surface area contributed by atoms with Crippen molar-refractivity contribution in [3.05, 3.63) is 152 Å². The number of fused-ring (bicyclic) bond motifs is 3. The van der Waals surface area contributed by atoms with Gasteiger partial charge in [-0.2, -0.15) is 0 Å². The van der Waals surface area contributed by atoms with Gasteiger partial charge in [-0.3, -0.25) is 4.57 Å². The number of benzene rings is 7. The average Bonchev–Trinajstić information content (AvgIpc) is 3.67. The number of rotatable bonds is 4. The standard InChI is InChI=1S/C42H25N3S/c1-3-10-26(11-4-1)34-25-35(27-12-5-2-6-13-27)44-42(43-34)45-36-16-9-14-28-18-19-30-22-31(24-37(45)41(30)40(28)36)29-20-21-39-33(23-29)32-15-7-8-17-38(32)46-39/h1-25H. The minimum atomic E-state index is 0.668. The summed E-state index contributed by atoms with van der Waals surface area (Å²) in [5, 5.41) is 7.54. The zero-order valence-electron chi connectivity index (χ0n) is 24.7. The first-order valence-electron chi connectivity index (χ1n) is 15.5. The molecule has 214 valence electrons. The Kier molecular flexibility index (Phi) is 5.45. The van der Waals surface area contributed by atoms with E-state index in [1.54, 1.807) is 0 Å². The molecule has 0 atom stereocenters. The van der Waals surface area contributed by atoms with Crippen molar-refractivity contribution in [3.8, 4) is 39.6 Å². The van der Waals surface area contributed by atoms with Crippen molar-refractivity contribution in [2.24, 2.45) is 0 Å². The van der Waals surface area contributed by atoms with Crippen LogP contribution < -0.4 is 0 Å². The molecule has 3 nitrogen and oxygen atoms in total. The molecule has 0 aliphatic rings. The largest absolute Gasteiger partial charge is 0.278 e. The van der Waals surface area contributed by atoms with Crippen LogP contribution in [0.4, 0.5) is 0 Å². The summed E-state index contributed by atoms with van der Waals surface area (Å²) >= 11 is 1.85. The molecule has 0 amide bonds. The van der Waals surface area contributed by atoms with E-state index in [2.05, 4.69) is 144 Å². The van der Waals surface area contributed by atoms with E-state index >= 15 is 0 Å². The normalized spacial score (nSPS) is 11.9.